The Bertz CT molecular complexity index is 629. The van der Waals surface area contributed by atoms with Gasteiger partial charge in [0.25, 0.3) is 0 Å². The van der Waals surface area contributed by atoms with Crippen molar-refractivity contribution in [2.75, 3.05) is 12.4 Å². The maximum absolute atomic E-state index is 9.20. The van der Waals surface area contributed by atoms with Crippen LogP contribution in [0.25, 0.3) is 0 Å². The van der Waals surface area contributed by atoms with E-state index < -0.39 is 0 Å². The minimum Gasteiger partial charge on any atom is -0.497 e. The van der Waals surface area contributed by atoms with Gasteiger partial charge in [0, 0.05) is 11.8 Å². The number of para-hydroxylation sites is 1. The Morgan fingerprint density at radius 1 is 1.15 bits per heavy atom. The molecule has 0 atom stereocenters. The lowest BCUT2D eigenvalue weighted by Gasteiger charge is -2.13. The first-order valence-electron chi connectivity index (χ1n) is 6.71. The first kappa shape index (κ1) is 14.0. The van der Waals surface area contributed by atoms with Crippen molar-refractivity contribution < 1.29 is 4.74 Å². The van der Waals surface area contributed by atoms with Crippen LogP contribution in [0.1, 0.15) is 24.5 Å². The third kappa shape index (κ3) is 3.10. The Labute approximate surface area is 119 Å². The van der Waals surface area contributed by atoms with Crippen molar-refractivity contribution in [1.29, 1.82) is 5.26 Å². The zero-order chi connectivity index (χ0) is 14.4. The van der Waals surface area contributed by atoms with Crippen LogP contribution >= 0.6 is 0 Å². The number of nitriles is 1. The van der Waals surface area contributed by atoms with Gasteiger partial charge in [0.1, 0.15) is 11.8 Å². The smallest absolute Gasteiger partial charge is 0.121 e. The van der Waals surface area contributed by atoms with Crippen LogP contribution in [0.15, 0.2) is 42.5 Å². The molecule has 2 aromatic rings. The monoisotopic (exact) mass is 266 g/mol. The largest absolute Gasteiger partial charge is 0.497 e. The summed E-state index contributed by atoms with van der Waals surface area (Å²) in [6.07, 6.45) is 2.09. The number of rotatable bonds is 5. The molecule has 0 aliphatic carbocycles. The van der Waals surface area contributed by atoms with Gasteiger partial charge in [0.15, 0.2) is 0 Å². The van der Waals surface area contributed by atoms with Crippen LogP contribution in [0.2, 0.25) is 0 Å². The van der Waals surface area contributed by atoms with Crippen molar-refractivity contribution in [1.82, 2.24) is 0 Å². The van der Waals surface area contributed by atoms with Gasteiger partial charge >= 0.3 is 0 Å². The zero-order valence-corrected chi connectivity index (χ0v) is 11.8. The van der Waals surface area contributed by atoms with Crippen molar-refractivity contribution >= 4 is 11.4 Å². The van der Waals surface area contributed by atoms with Crippen LogP contribution in [-0.2, 0) is 6.42 Å². The number of benzene rings is 2. The molecule has 0 fully saturated rings. The fourth-order valence-electron chi connectivity index (χ4n) is 2.13. The second-order valence-electron chi connectivity index (χ2n) is 4.56. The molecule has 0 spiro atoms. The summed E-state index contributed by atoms with van der Waals surface area (Å²) in [4.78, 5) is 0. The topological polar surface area (TPSA) is 45.0 Å². The minimum absolute atomic E-state index is 0.608. The van der Waals surface area contributed by atoms with Crippen LogP contribution in [0.3, 0.4) is 0 Å². The summed E-state index contributed by atoms with van der Waals surface area (Å²) in [5.74, 6) is 0.736. The standard InChI is InChI=1S/C17H18N2O/c1-3-6-13-7-4-5-8-16(13)19-17-11-15(20-2)10-9-14(17)12-18/h4-5,7-11,19H,3,6H2,1-2H3. The minimum atomic E-state index is 0.608. The lowest BCUT2D eigenvalue weighted by molar-refractivity contribution is 0.415. The molecule has 1 N–H and O–H groups in total. The van der Waals surface area contributed by atoms with E-state index in [1.807, 2.05) is 24.3 Å². The van der Waals surface area contributed by atoms with Crippen molar-refractivity contribution in [2.45, 2.75) is 19.8 Å². The number of nitrogens with zero attached hydrogens (tertiary/aromatic N) is 1. The van der Waals surface area contributed by atoms with E-state index in [0.717, 1.165) is 30.0 Å². The molecule has 2 rings (SSSR count). The summed E-state index contributed by atoms with van der Waals surface area (Å²) < 4.78 is 5.22. The van der Waals surface area contributed by atoms with E-state index in [1.165, 1.54) is 5.56 Å². The van der Waals surface area contributed by atoms with Crippen LogP contribution in [0.5, 0.6) is 5.75 Å². The van der Waals surface area contributed by atoms with Gasteiger partial charge in [0.05, 0.1) is 18.4 Å². The van der Waals surface area contributed by atoms with Gasteiger partial charge < -0.3 is 10.1 Å². The molecule has 0 saturated carbocycles. The van der Waals surface area contributed by atoms with E-state index in [2.05, 4.69) is 24.4 Å². The van der Waals surface area contributed by atoms with Gasteiger partial charge in [-0.3, -0.25) is 0 Å². The predicted octanol–water partition coefficient (Wildman–Crippen LogP) is 4.26. The Morgan fingerprint density at radius 3 is 2.65 bits per heavy atom. The molecule has 0 aliphatic rings. The SMILES string of the molecule is CCCc1ccccc1Nc1cc(OC)ccc1C#N. The van der Waals surface area contributed by atoms with Gasteiger partial charge in [-0.1, -0.05) is 31.5 Å². The van der Waals surface area contributed by atoms with Crippen molar-refractivity contribution in [3.8, 4) is 11.8 Å². The number of ether oxygens (including phenoxy) is 1. The van der Waals surface area contributed by atoms with Crippen LogP contribution in [0.4, 0.5) is 11.4 Å². The molecule has 2 aromatic carbocycles. The fourth-order valence-corrected chi connectivity index (χ4v) is 2.13. The van der Waals surface area contributed by atoms with Crippen LogP contribution < -0.4 is 10.1 Å². The quantitative estimate of drug-likeness (QED) is 0.879. The molecule has 0 unspecified atom stereocenters. The van der Waals surface area contributed by atoms with Crippen molar-refractivity contribution in [3.05, 3.63) is 53.6 Å². The maximum atomic E-state index is 9.20. The third-order valence-electron chi connectivity index (χ3n) is 3.15. The molecule has 0 bridgehead atoms. The molecule has 20 heavy (non-hydrogen) atoms. The van der Waals surface area contributed by atoms with E-state index in [1.54, 1.807) is 19.2 Å². The van der Waals surface area contributed by atoms with Crippen LogP contribution in [0, 0.1) is 11.3 Å². The zero-order valence-electron chi connectivity index (χ0n) is 11.8. The lowest BCUT2D eigenvalue weighted by Crippen LogP contribution is -1.98. The molecular formula is C17H18N2O. The van der Waals surface area contributed by atoms with Gasteiger partial charge in [-0.15, -0.1) is 0 Å². The highest BCUT2D eigenvalue weighted by Crippen LogP contribution is 2.27. The Balaban J connectivity index is 2.36. The highest BCUT2D eigenvalue weighted by Gasteiger charge is 2.07. The fraction of sp³-hybridized carbons (Fsp3) is 0.235. The normalized spacial score (nSPS) is 9.85. The van der Waals surface area contributed by atoms with Crippen molar-refractivity contribution in [3.63, 3.8) is 0 Å². The second kappa shape index (κ2) is 6.63. The number of anilines is 2. The summed E-state index contributed by atoms with van der Waals surface area (Å²) in [6.45, 7) is 2.16. The Hall–Kier alpha value is -2.47. The molecule has 0 heterocycles. The number of hydrogen-bond acceptors (Lipinski definition) is 3. The van der Waals surface area contributed by atoms with E-state index >= 15 is 0 Å². The summed E-state index contributed by atoms with van der Waals surface area (Å²) in [6, 6.07) is 15.8. The molecule has 0 aliphatic heterocycles. The second-order valence-corrected chi connectivity index (χ2v) is 4.56. The van der Waals surface area contributed by atoms with Crippen LogP contribution in [-0.4, -0.2) is 7.11 Å². The number of aryl methyl sites for hydroxylation is 1. The summed E-state index contributed by atoms with van der Waals surface area (Å²) in [5.41, 5.74) is 3.67. The summed E-state index contributed by atoms with van der Waals surface area (Å²) in [7, 11) is 1.62. The molecule has 0 aromatic heterocycles. The van der Waals surface area contributed by atoms with Gasteiger partial charge in [-0.25, -0.2) is 0 Å². The predicted molar refractivity (Wildman–Crippen MR) is 81.4 cm³/mol. The molecule has 102 valence electrons. The maximum Gasteiger partial charge on any atom is 0.121 e. The summed E-state index contributed by atoms with van der Waals surface area (Å²) >= 11 is 0. The average molecular weight is 266 g/mol. The molecule has 3 heteroatoms. The third-order valence-corrected chi connectivity index (χ3v) is 3.15. The highest BCUT2D eigenvalue weighted by atomic mass is 16.5. The molecule has 3 nitrogen and oxygen atoms in total. The Morgan fingerprint density at radius 2 is 1.95 bits per heavy atom. The van der Waals surface area contributed by atoms with Gasteiger partial charge in [-0.2, -0.15) is 5.26 Å². The Kier molecular flexibility index (Phi) is 4.62. The molecule has 0 amide bonds. The highest BCUT2D eigenvalue weighted by molar-refractivity contribution is 5.70. The first-order valence-corrected chi connectivity index (χ1v) is 6.71. The first-order chi connectivity index (χ1) is 9.78. The molecule has 0 radical (unpaired) electrons. The lowest BCUT2D eigenvalue weighted by atomic mass is 10.1. The number of nitrogens with one attached hydrogen (secondary N) is 1. The van der Waals surface area contributed by atoms with E-state index in [0.29, 0.717) is 5.56 Å². The number of hydrogen-bond donors (Lipinski definition) is 1. The van der Waals surface area contributed by atoms with Crippen molar-refractivity contribution in [2.24, 2.45) is 0 Å². The summed E-state index contributed by atoms with van der Waals surface area (Å²) in [5, 5.41) is 12.6. The van der Waals surface area contributed by atoms with Gasteiger partial charge in [-0.05, 0) is 30.2 Å². The van der Waals surface area contributed by atoms with E-state index in [9.17, 15) is 5.26 Å². The van der Waals surface area contributed by atoms with Gasteiger partial charge in [0.2, 0.25) is 0 Å². The average Bonchev–Trinajstić information content (AvgIpc) is 2.49. The van der Waals surface area contributed by atoms with E-state index in [-0.39, 0.29) is 0 Å². The number of methoxy groups -OCH3 is 1. The molecular weight excluding hydrogens is 248 g/mol. The van der Waals surface area contributed by atoms with E-state index in [4.69, 9.17) is 4.74 Å². The molecule has 0 saturated heterocycles.